The maximum atomic E-state index is 12.0. The number of benzene rings is 1. The van der Waals surface area contributed by atoms with Crippen molar-refractivity contribution in [2.75, 3.05) is 0 Å². The van der Waals surface area contributed by atoms with Crippen LogP contribution in [0, 0.1) is 13.8 Å². The predicted octanol–water partition coefficient (Wildman–Crippen LogP) is 2.22. The molecule has 0 bridgehead atoms. The number of aryl methyl sites for hydroxylation is 2. The van der Waals surface area contributed by atoms with Crippen molar-refractivity contribution in [2.24, 2.45) is 0 Å². The third-order valence-corrected chi connectivity index (χ3v) is 3.88. The van der Waals surface area contributed by atoms with Gasteiger partial charge in [0, 0.05) is 4.90 Å². The molecule has 0 aliphatic carbocycles. The average Bonchev–Trinajstić information content (AvgIpc) is 2.84. The van der Waals surface area contributed by atoms with Gasteiger partial charge in [-0.15, -0.1) is 11.8 Å². The average molecular weight is 290 g/mol. The van der Waals surface area contributed by atoms with Gasteiger partial charge in [0.15, 0.2) is 5.82 Å². The van der Waals surface area contributed by atoms with E-state index in [0.717, 1.165) is 10.7 Å². The molecule has 1 amide bonds. The quantitative estimate of drug-likeness (QED) is 0.828. The number of aromatic nitrogens is 3. The van der Waals surface area contributed by atoms with Gasteiger partial charge in [-0.2, -0.15) is 5.10 Å². The van der Waals surface area contributed by atoms with Crippen LogP contribution in [0.25, 0.3) is 0 Å². The number of amides is 1. The second-order valence-corrected chi connectivity index (χ2v) is 6.04. The number of carbonyl (C=O) groups excluding carboxylic acids is 1. The van der Waals surface area contributed by atoms with Crippen LogP contribution in [0.4, 0.5) is 0 Å². The second-order valence-electron chi connectivity index (χ2n) is 4.63. The Hall–Kier alpha value is -1.82. The van der Waals surface area contributed by atoms with Gasteiger partial charge in [-0.25, -0.2) is 4.98 Å². The maximum Gasteiger partial charge on any atom is 0.233 e. The smallest absolute Gasteiger partial charge is 0.233 e. The van der Waals surface area contributed by atoms with Crippen molar-refractivity contribution in [2.45, 2.75) is 37.5 Å². The van der Waals surface area contributed by atoms with Gasteiger partial charge < -0.3 is 5.32 Å². The fourth-order valence-electron chi connectivity index (χ4n) is 1.65. The van der Waals surface area contributed by atoms with Gasteiger partial charge >= 0.3 is 0 Å². The largest absolute Gasteiger partial charge is 0.348 e. The summed E-state index contributed by atoms with van der Waals surface area (Å²) in [5, 5.41) is 9.42. The number of carbonyl (C=O) groups is 1. The topological polar surface area (TPSA) is 70.7 Å². The molecule has 1 aromatic heterocycles. The Morgan fingerprint density at radius 1 is 1.35 bits per heavy atom. The summed E-state index contributed by atoms with van der Waals surface area (Å²) in [6, 6.07) is 8.15. The van der Waals surface area contributed by atoms with Crippen LogP contribution in [0.1, 0.15) is 24.1 Å². The number of rotatable bonds is 5. The molecule has 5 nitrogen and oxygen atoms in total. The summed E-state index contributed by atoms with van der Waals surface area (Å²) in [7, 11) is 0. The van der Waals surface area contributed by atoms with Gasteiger partial charge in [-0.3, -0.25) is 9.89 Å². The zero-order chi connectivity index (χ0) is 14.5. The normalized spacial score (nSPS) is 12.2. The highest BCUT2D eigenvalue weighted by Crippen LogP contribution is 2.23. The lowest BCUT2D eigenvalue weighted by Gasteiger charge is -2.11. The van der Waals surface area contributed by atoms with E-state index < -0.39 is 0 Å². The van der Waals surface area contributed by atoms with Gasteiger partial charge in [0.2, 0.25) is 5.91 Å². The van der Waals surface area contributed by atoms with Crippen molar-refractivity contribution >= 4 is 17.7 Å². The minimum Gasteiger partial charge on any atom is -0.348 e. The van der Waals surface area contributed by atoms with Gasteiger partial charge in [0.1, 0.15) is 5.82 Å². The summed E-state index contributed by atoms with van der Waals surface area (Å²) < 4.78 is 0. The van der Waals surface area contributed by atoms with Crippen molar-refractivity contribution in [3.8, 4) is 0 Å². The van der Waals surface area contributed by atoms with E-state index in [1.165, 1.54) is 5.56 Å². The lowest BCUT2D eigenvalue weighted by molar-refractivity contribution is -0.120. The van der Waals surface area contributed by atoms with Crippen molar-refractivity contribution in [1.29, 1.82) is 0 Å². The summed E-state index contributed by atoms with van der Waals surface area (Å²) >= 11 is 1.54. The summed E-state index contributed by atoms with van der Waals surface area (Å²) in [5.74, 6) is 1.33. The molecule has 0 spiro atoms. The Balaban J connectivity index is 1.84. The van der Waals surface area contributed by atoms with E-state index in [4.69, 9.17) is 0 Å². The van der Waals surface area contributed by atoms with E-state index in [1.807, 2.05) is 45.0 Å². The van der Waals surface area contributed by atoms with Crippen molar-refractivity contribution in [3.63, 3.8) is 0 Å². The summed E-state index contributed by atoms with van der Waals surface area (Å²) in [5.41, 5.74) is 1.21. The van der Waals surface area contributed by atoms with Crippen LogP contribution < -0.4 is 5.32 Å². The lowest BCUT2D eigenvalue weighted by Crippen LogP contribution is -2.30. The molecule has 2 rings (SSSR count). The van der Waals surface area contributed by atoms with E-state index >= 15 is 0 Å². The Kier molecular flexibility index (Phi) is 4.79. The number of hydrogen-bond acceptors (Lipinski definition) is 4. The molecule has 0 fully saturated rings. The Bertz CT molecular complexity index is 579. The van der Waals surface area contributed by atoms with Crippen molar-refractivity contribution in [3.05, 3.63) is 41.5 Å². The molecular formula is C14H18N4OS. The monoisotopic (exact) mass is 290 g/mol. The number of thioether (sulfide) groups is 1. The highest BCUT2D eigenvalue weighted by molar-refractivity contribution is 8.00. The predicted molar refractivity (Wildman–Crippen MR) is 79.5 cm³/mol. The SMILES string of the molecule is Cc1ccc(SC(C)C(=O)NCc2n[nH]c(C)n2)cc1. The van der Waals surface area contributed by atoms with E-state index in [1.54, 1.807) is 11.8 Å². The van der Waals surface area contributed by atoms with E-state index in [2.05, 4.69) is 20.5 Å². The number of nitrogens with one attached hydrogen (secondary N) is 2. The molecule has 2 aromatic rings. The van der Waals surface area contributed by atoms with Crippen molar-refractivity contribution < 1.29 is 4.79 Å². The third-order valence-electron chi connectivity index (χ3n) is 2.77. The van der Waals surface area contributed by atoms with Crippen LogP contribution in [0.5, 0.6) is 0 Å². The highest BCUT2D eigenvalue weighted by Gasteiger charge is 2.14. The zero-order valence-corrected chi connectivity index (χ0v) is 12.6. The Labute approximate surface area is 122 Å². The molecule has 1 aromatic carbocycles. The van der Waals surface area contributed by atoms with Crippen LogP contribution in [0.15, 0.2) is 29.2 Å². The number of hydrogen-bond donors (Lipinski definition) is 2. The second kappa shape index (κ2) is 6.56. The van der Waals surface area contributed by atoms with Crippen LogP contribution in [0.2, 0.25) is 0 Å². The summed E-state index contributed by atoms with van der Waals surface area (Å²) in [4.78, 5) is 17.2. The minimum absolute atomic E-state index is 0.0157. The van der Waals surface area contributed by atoms with Crippen LogP contribution in [-0.4, -0.2) is 26.3 Å². The van der Waals surface area contributed by atoms with Gasteiger partial charge in [0.05, 0.1) is 11.8 Å². The van der Waals surface area contributed by atoms with Gasteiger partial charge in [-0.1, -0.05) is 17.7 Å². The lowest BCUT2D eigenvalue weighted by atomic mass is 10.2. The molecule has 2 N–H and O–H groups in total. The van der Waals surface area contributed by atoms with Crippen LogP contribution in [-0.2, 0) is 11.3 Å². The number of nitrogens with zero attached hydrogens (tertiary/aromatic N) is 2. The molecule has 0 saturated heterocycles. The molecule has 20 heavy (non-hydrogen) atoms. The Morgan fingerprint density at radius 2 is 2.05 bits per heavy atom. The molecule has 106 valence electrons. The molecular weight excluding hydrogens is 272 g/mol. The van der Waals surface area contributed by atoms with Crippen molar-refractivity contribution in [1.82, 2.24) is 20.5 Å². The fourth-order valence-corrected chi connectivity index (χ4v) is 2.54. The molecule has 1 unspecified atom stereocenters. The van der Waals surface area contributed by atoms with E-state index in [-0.39, 0.29) is 11.2 Å². The molecule has 0 saturated carbocycles. The standard InChI is InChI=1S/C14H18N4OS/c1-9-4-6-12(7-5-9)20-10(2)14(19)15-8-13-16-11(3)17-18-13/h4-7,10H,8H2,1-3H3,(H,15,19)(H,16,17,18). The van der Waals surface area contributed by atoms with E-state index in [9.17, 15) is 4.79 Å². The van der Waals surface area contributed by atoms with Gasteiger partial charge in [0.25, 0.3) is 0 Å². The molecule has 0 aliphatic rings. The van der Waals surface area contributed by atoms with Gasteiger partial charge in [-0.05, 0) is 32.9 Å². The number of H-pyrrole nitrogens is 1. The third kappa shape index (κ3) is 4.09. The molecule has 0 radical (unpaired) electrons. The first-order valence-corrected chi connectivity index (χ1v) is 7.31. The summed E-state index contributed by atoms with van der Waals surface area (Å²) in [6.45, 7) is 6.11. The molecule has 6 heteroatoms. The molecule has 1 atom stereocenters. The van der Waals surface area contributed by atoms with Crippen LogP contribution in [0.3, 0.4) is 0 Å². The number of aromatic amines is 1. The maximum absolute atomic E-state index is 12.0. The minimum atomic E-state index is -0.155. The van der Waals surface area contributed by atoms with Crippen LogP contribution >= 0.6 is 11.8 Å². The summed E-state index contributed by atoms with van der Waals surface area (Å²) in [6.07, 6.45) is 0. The first-order chi connectivity index (χ1) is 9.54. The first-order valence-electron chi connectivity index (χ1n) is 6.43. The molecule has 0 aliphatic heterocycles. The fraction of sp³-hybridized carbons (Fsp3) is 0.357. The molecule has 1 heterocycles. The first kappa shape index (κ1) is 14.6. The Morgan fingerprint density at radius 3 is 2.65 bits per heavy atom. The van der Waals surface area contributed by atoms with E-state index in [0.29, 0.717) is 12.4 Å². The zero-order valence-electron chi connectivity index (χ0n) is 11.8. The highest BCUT2D eigenvalue weighted by atomic mass is 32.2.